The summed E-state index contributed by atoms with van der Waals surface area (Å²) in [4.78, 5) is 11.8. The number of hydrogen-bond acceptors (Lipinski definition) is 2. The molecule has 0 N–H and O–H groups in total. The Morgan fingerprint density at radius 3 is 2.81 bits per heavy atom. The van der Waals surface area contributed by atoms with E-state index in [4.69, 9.17) is 4.74 Å². The van der Waals surface area contributed by atoms with Gasteiger partial charge in [0.25, 0.3) is 0 Å². The molecule has 0 bridgehead atoms. The van der Waals surface area contributed by atoms with Gasteiger partial charge in [-0.25, -0.2) is 0 Å². The molecule has 0 saturated carbocycles. The predicted octanol–water partition coefficient (Wildman–Crippen LogP) is 3.88. The summed E-state index contributed by atoms with van der Waals surface area (Å²) in [7, 11) is 0. The quantitative estimate of drug-likeness (QED) is 0.851. The van der Waals surface area contributed by atoms with E-state index in [1.165, 1.54) is 36.0 Å². The number of rotatable bonds is 3. The maximum Gasteiger partial charge on any atom is 0.163 e. The summed E-state index contributed by atoms with van der Waals surface area (Å²) in [5, 5.41) is 0. The van der Waals surface area contributed by atoms with Gasteiger partial charge in [0.05, 0.1) is 0 Å². The Morgan fingerprint density at radius 2 is 1.86 bits per heavy atom. The van der Waals surface area contributed by atoms with E-state index in [-0.39, 0.29) is 5.78 Å². The fraction of sp³-hybridized carbons (Fsp3) is 0.316. The van der Waals surface area contributed by atoms with Gasteiger partial charge in [-0.2, -0.15) is 0 Å². The third-order valence-corrected chi connectivity index (χ3v) is 4.59. The molecule has 0 unspecified atom stereocenters. The lowest BCUT2D eigenvalue weighted by Crippen LogP contribution is -2.00. The average molecular weight is 278 g/mol. The molecule has 0 amide bonds. The van der Waals surface area contributed by atoms with Crippen LogP contribution in [0.2, 0.25) is 0 Å². The molecule has 2 heteroatoms. The fourth-order valence-corrected chi connectivity index (χ4v) is 3.47. The molecule has 21 heavy (non-hydrogen) atoms. The van der Waals surface area contributed by atoms with E-state index < -0.39 is 0 Å². The molecule has 0 radical (unpaired) electrons. The second kappa shape index (κ2) is 5.03. The second-order valence-corrected chi connectivity index (χ2v) is 5.95. The van der Waals surface area contributed by atoms with Crippen LogP contribution < -0.4 is 4.74 Å². The molecule has 0 heterocycles. The number of carbonyl (C=O) groups excluding carboxylic acids is 1. The van der Waals surface area contributed by atoms with Crippen molar-refractivity contribution in [3.63, 3.8) is 0 Å². The van der Waals surface area contributed by atoms with Crippen LogP contribution in [0.5, 0.6) is 5.75 Å². The third kappa shape index (κ3) is 2.25. The summed E-state index contributed by atoms with van der Waals surface area (Å²) < 4.78 is 5.99. The van der Waals surface area contributed by atoms with Crippen LogP contribution in [0.4, 0.5) is 0 Å². The monoisotopic (exact) mass is 278 g/mol. The van der Waals surface area contributed by atoms with E-state index in [0.717, 1.165) is 23.3 Å². The minimum Gasteiger partial charge on any atom is -0.489 e. The largest absolute Gasteiger partial charge is 0.489 e. The number of ether oxygens (including phenoxy) is 1. The molecule has 0 fully saturated rings. The van der Waals surface area contributed by atoms with Gasteiger partial charge >= 0.3 is 0 Å². The zero-order valence-corrected chi connectivity index (χ0v) is 12.0. The first-order chi connectivity index (χ1) is 10.3. The highest BCUT2D eigenvalue weighted by Crippen LogP contribution is 2.31. The van der Waals surface area contributed by atoms with Gasteiger partial charge in [-0.3, -0.25) is 4.79 Å². The van der Waals surface area contributed by atoms with Gasteiger partial charge in [-0.1, -0.05) is 30.3 Å². The Labute approximate surface area is 124 Å². The average Bonchev–Trinajstić information content (AvgIpc) is 3.12. The first kappa shape index (κ1) is 12.6. The van der Waals surface area contributed by atoms with Crippen LogP contribution in [0.25, 0.3) is 0 Å². The van der Waals surface area contributed by atoms with E-state index >= 15 is 0 Å². The minimum atomic E-state index is 0.244. The summed E-state index contributed by atoms with van der Waals surface area (Å²) >= 11 is 0. The summed E-state index contributed by atoms with van der Waals surface area (Å²) in [5.74, 6) is 1.12. The number of hydrogen-bond donors (Lipinski definition) is 0. The molecule has 0 spiro atoms. The zero-order valence-electron chi connectivity index (χ0n) is 12.0. The number of ketones is 1. The van der Waals surface area contributed by atoms with Crippen molar-refractivity contribution in [2.45, 2.75) is 38.7 Å². The van der Waals surface area contributed by atoms with Gasteiger partial charge in [0.1, 0.15) is 12.4 Å². The van der Waals surface area contributed by atoms with E-state index in [9.17, 15) is 4.79 Å². The normalized spacial score (nSPS) is 15.9. The Bertz CT molecular complexity index is 716. The fourth-order valence-electron chi connectivity index (χ4n) is 3.47. The summed E-state index contributed by atoms with van der Waals surface area (Å²) in [5.41, 5.74) is 6.12. The van der Waals surface area contributed by atoms with Crippen molar-refractivity contribution in [3.05, 3.63) is 64.2 Å². The predicted molar refractivity (Wildman–Crippen MR) is 81.9 cm³/mol. The Hall–Kier alpha value is -2.09. The number of carbonyl (C=O) groups is 1. The highest BCUT2D eigenvalue weighted by molar-refractivity contribution is 6.01. The molecule has 0 aromatic heterocycles. The molecule has 0 aliphatic heterocycles. The number of benzene rings is 2. The lowest BCUT2D eigenvalue weighted by Gasteiger charge is -2.11. The van der Waals surface area contributed by atoms with Crippen LogP contribution >= 0.6 is 0 Å². The number of fused-ring (bicyclic) bond motifs is 2. The standard InChI is InChI=1S/C19H18O2/c20-18-10-9-17-16(18)5-2-6-19(17)21-12-13-7-8-14-3-1-4-15(14)11-13/h2,5-8,11H,1,3-4,9-10,12H2. The Kier molecular flexibility index (Phi) is 3.03. The van der Waals surface area contributed by atoms with Crippen molar-refractivity contribution in [3.8, 4) is 5.75 Å². The van der Waals surface area contributed by atoms with Gasteiger partial charge < -0.3 is 4.74 Å². The molecule has 2 aromatic rings. The van der Waals surface area contributed by atoms with Gasteiger partial charge in [0.15, 0.2) is 5.78 Å². The van der Waals surface area contributed by atoms with Crippen molar-refractivity contribution >= 4 is 5.78 Å². The molecular weight excluding hydrogens is 260 g/mol. The van der Waals surface area contributed by atoms with Crippen LogP contribution in [-0.4, -0.2) is 5.78 Å². The first-order valence-electron chi connectivity index (χ1n) is 7.70. The first-order valence-corrected chi connectivity index (χ1v) is 7.70. The van der Waals surface area contributed by atoms with Crippen LogP contribution in [0, 0.1) is 0 Å². The van der Waals surface area contributed by atoms with Gasteiger partial charge in [-0.05, 0) is 48.4 Å². The number of Topliss-reactive ketones (excluding diaryl/α,β-unsaturated/α-hetero) is 1. The molecule has 0 atom stereocenters. The van der Waals surface area contributed by atoms with Crippen molar-refractivity contribution < 1.29 is 9.53 Å². The summed E-state index contributed by atoms with van der Waals surface area (Å²) in [6.07, 6.45) is 5.11. The second-order valence-electron chi connectivity index (χ2n) is 5.95. The topological polar surface area (TPSA) is 26.3 Å². The zero-order chi connectivity index (χ0) is 14.2. The van der Waals surface area contributed by atoms with Crippen molar-refractivity contribution in [2.24, 2.45) is 0 Å². The maximum absolute atomic E-state index is 11.8. The van der Waals surface area contributed by atoms with Crippen molar-refractivity contribution in [1.29, 1.82) is 0 Å². The summed E-state index contributed by atoms with van der Waals surface area (Å²) in [6.45, 7) is 0.581. The van der Waals surface area contributed by atoms with E-state index in [2.05, 4.69) is 18.2 Å². The van der Waals surface area contributed by atoms with Crippen LogP contribution in [0.1, 0.15) is 45.5 Å². The van der Waals surface area contributed by atoms with E-state index in [0.29, 0.717) is 13.0 Å². The van der Waals surface area contributed by atoms with Crippen molar-refractivity contribution in [1.82, 2.24) is 0 Å². The van der Waals surface area contributed by atoms with Crippen LogP contribution in [0.15, 0.2) is 36.4 Å². The van der Waals surface area contributed by atoms with Crippen LogP contribution in [0.3, 0.4) is 0 Å². The lowest BCUT2D eigenvalue weighted by molar-refractivity contribution is 0.0994. The molecule has 4 rings (SSSR count). The third-order valence-electron chi connectivity index (χ3n) is 4.59. The molecule has 2 aromatic carbocycles. The Morgan fingerprint density at radius 1 is 0.952 bits per heavy atom. The van der Waals surface area contributed by atoms with E-state index in [1.807, 2.05) is 18.2 Å². The minimum absolute atomic E-state index is 0.244. The van der Waals surface area contributed by atoms with Gasteiger partial charge in [0, 0.05) is 17.5 Å². The smallest absolute Gasteiger partial charge is 0.163 e. The molecular formula is C19H18O2. The van der Waals surface area contributed by atoms with Crippen LogP contribution in [-0.2, 0) is 25.9 Å². The maximum atomic E-state index is 11.8. The highest BCUT2D eigenvalue weighted by Gasteiger charge is 2.22. The molecule has 106 valence electrons. The SMILES string of the molecule is O=C1CCc2c(OCc3ccc4c(c3)CCC4)cccc21. The molecule has 2 nitrogen and oxygen atoms in total. The molecule has 0 saturated heterocycles. The van der Waals surface area contributed by atoms with E-state index in [1.54, 1.807) is 0 Å². The summed E-state index contributed by atoms with van der Waals surface area (Å²) in [6, 6.07) is 12.5. The van der Waals surface area contributed by atoms with Crippen molar-refractivity contribution in [2.75, 3.05) is 0 Å². The molecule has 2 aliphatic carbocycles. The van der Waals surface area contributed by atoms with Gasteiger partial charge in [-0.15, -0.1) is 0 Å². The van der Waals surface area contributed by atoms with Gasteiger partial charge in [0.2, 0.25) is 0 Å². The Balaban J connectivity index is 1.54. The number of aryl methyl sites for hydroxylation is 2. The lowest BCUT2D eigenvalue weighted by atomic mass is 10.1. The molecule has 2 aliphatic rings. The highest BCUT2D eigenvalue weighted by atomic mass is 16.5.